The van der Waals surface area contributed by atoms with Crippen molar-refractivity contribution in [2.75, 3.05) is 11.9 Å². The molecule has 1 aliphatic heterocycles. The Hall–Kier alpha value is -2.08. The summed E-state index contributed by atoms with van der Waals surface area (Å²) in [5, 5.41) is 12.7. The minimum Gasteiger partial charge on any atom is -0.392 e. The van der Waals surface area contributed by atoms with E-state index in [0.717, 1.165) is 23.9 Å². The van der Waals surface area contributed by atoms with Crippen LogP contribution < -0.4 is 5.32 Å². The van der Waals surface area contributed by atoms with Crippen LogP contribution in [-0.4, -0.2) is 50.2 Å². The first kappa shape index (κ1) is 17.7. The standard InChI is InChI=1S/C19H28N4O2/c1-13-7-6-8-14(2)23(13)18(25)12-22-17-10-5-4-9-16(17)21-19(22)20-11-15(3)24/h4-5,9-10,13-15,24H,6-8,11-12H2,1-3H3,(H,20,21). The number of benzene rings is 1. The Balaban J connectivity index is 1.88. The largest absolute Gasteiger partial charge is 0.392 e. The number of imidazole rings is 1. The molecule has 0 saturated carbocycles. The number of amides is 1. The van der Waals surface area contributed by atoms with E-state index in [1.807, 2.05) is 33.7 Å². The first-order valence-electron chi connectivity index (χ1n) is 9.15. The monoisotopic (exact) mass is 344 g/mol. The predicted octanol–water partition coefficient (Wildman–Crippen LogP) is 2.62. The van der Waals surface area contributed by atoms with E-state index in [4.69, 9.17) is 0 Å². The number of hydrogen-bond donors (Lipinski definition) is 2. The molecule has 1 saturated heterocycles. The molecule has 2 heterocycles. The van der Waals surface area contributed by atoms with Gasteiger partial charge in [-0.15, -0.1) is 0 Å². The summed E-state index contributed by atoms with van der Waals surface area (Å²) in [5.74, 6) is 0.760. The fraction of sp³-hybridized carbons (Fsp3) is 0.579. The Kier molecular flexibility index (Phi) is 5.27. The smallest absolute Gasteiger partial charge is 0.243 e. The first-order valence-corrected chi connectivity index (χ1v) is 9.15. The predicted molar refractivity (Wildman–Crippen MR) is 99.5 cm³/mol. The van der Waals surface area contributed by atoms with Gasteiger partial charge < -0.3 is 19.9 Å². The summed E-state index contributed by atoms with van der Waals surface area (Å²) in [6, 6.07) is 8.37. The van der Waals surface area contributed by atoms with E-state index in [-0.39, 0.29) is 24.5 Å². The van der Waals surface area contributed by atoms with Gasteiger partial charge in [-0.05, 0) is 52.2 Å². The zero-order valence-corrected chi connectivity index (χ0v) is 15.3. The van der Waals surface area contributed by atoms with E-state index in [0.29, 0.717) is 12.5 Å². The number of nitrogens with one attached hydrogen (secondary N) is 1. The third kappa shape index (κ3) is 3.79. The molecule has 6 heteroatoms. The van der Waals surface area contributed by atoms with E-state index in [2.05, 4.69) is 24.1 Å². The molecule has 136 valence electrons. The van der Waals surface area contributed by atoms with Crippen LogP contribution in [0.5, 0.6) is 0 Å². The van der Waals surface area contributed by atoms with Crippen molar-refractivity contribution >= 4 is 22.9 Å². The molecule has 3 rings (SSSR count). The third-order valence-electron chi connectivity index (χ3n) is 4.99. The van der Waals surface area contributed by atoms with E-state index < -0.39 is 6.10 Å². The van der Waals surface area contributed by atoms with Crippen LogP contribution in [0.2, 0.25) is 0 Å². The van der Waals surface area contributed by atoms with Crippen LogP contribution >= 0.6 is 0 Å². The first-order chi connectivity index (χ1) is 12.0. The Morgan fingerprint density at radius 3 is 2.68 bits per heavy atom. The maximum Gasteiger partial charge on any atom is 0.243 e. The fourth-order valence-corrected chi connectivity index (χ4v) is 3.74. The zero-order chi connectivity index (χ0) is 18.0. The van der Waals surface area contributed by atoms with Crippen molar-refractivity contribution in [2.45, 2.75) is 64.8 Å². The number of carbonyl (C=O) groups excluding carboxylic acids is 1. The van der Waals surface area contributed by atoms with Crippen LogP contribution in [0, 0.1) is 0 Å². The van der Waals surface area contributed by atoms with Crippen LogP contribution in [-0.2, 0) is 11.3 Å². The normalized spacial score (nSPS) is 22.2. The maximum atomic E-state index is 13.0. The van der Waals surface area contributed by atoms with Crippen LogP contribution in [0.4, 0.5) is 5.95 Å². The van der Waals surface area contributed by atoms with Crippen LogP contribution in [0.25, 0.3) is 11.0 Å². The molecule has 3 atom stereocenters. The molecule has 0 radical (unpaired) electrons. The molecule has 1 aromatic carbocycles. The average molecular weight is 344 g/mol. The molecule has 0 bridgehead atoms. The SMILES string of the molecule is CC(O)CNc1nc2ccccc2n1CC(=O)N1C(C)CCCC1C. The summed E-state index contributed by atoms with van der Waals surface area (Å²) in [5.41, 5.74) is 1.78. The minimum absolute atomic E-state index is 0.128. The van der Waals surface area contributed by atoms with E-state index in [9.17, 15) is 9.90 Å². The number of fused-ring (bicyclic) bond motifs is 1. The lowest BCUT2D eigenvalue weighted by Crippen LogP contribution is -2.48. The second-order valence-electron chi connectivity index (χ2n) is 7.17. The van der Waals surface area contributed by atoms with Gasteiger partial charge in [0.15, 0.2) is 0 Å². The van der Waals surface area contributed by atoms with E-state index >= 15 is 0 Å². The Morgan fingerprint density at radius 2 is 2.00 bits per heavy atom. The number of para-hydroxylation sites is 2. The van der Waals surface area contributed by atoms with Crippen molar-refractivity contribution in [3.05, 3.63) is 24.3 Å². The molecular weight excluding hydrogens is 316 g/mol. The quantitative estimate of drug-likeness (QED) is 0.875. The number of piperidine rings is 1. The number of aliphatic hydroxyl groups excluding tert-OH is 1. The average Bonchev–Trinajstić information content (AvgIpc) is 2.90. The van der Waals surface area contributed by atoms with Crippen LogP contribution in [0.15, 0.2) is 24.3 Å². The number of aliphatic hydroxyl groups is 1. The Morgan fingerprint density at radius 1 is 1.32 bits per heavy atom. The molecule has 0 aliphatic carbocycles. The third-order valence-corrected chi connectivity index (χ3v) is 4.99. The van der Waals surface area contributed by atoms with Gasteiger partial charge >= 0.3 is 0 Å². The van der Waals surface area contributed by atoms with Gasteiger partial charge in [-0.1, -0.05) is 12.1 Å². The Bertz CT molecular complexity index is 730. The van der Waals surface area contributed by atoms with Gasteiger partial charge in [0.2, 0.25) is 11.9 Å². The second-order valence-corrected chi connectivity index (χ2v) is 7.17. The lowest BCUT2D eigenvalue weighted by atomic mass is 9.97. The summed E-state index contributed by atoms with van der Waals surface area (Å²) in [6.07, 6.45) is 2.83. The van der Waals surface area contributed by atoms with Crippen molar-refractivity contribution < 1.29 is 9.90 Å². The lowest BCUT2D eigenvalue weighted by Gasteiger charge is -2.39. The molecule has 25 heavy (non-hydrogen) atoms. The highest BCUT2D eigenvalue weighted by molar-refractivity contribution is 5.83. The van der Waals surface area contributed by atoms with E-state index in [1.54, 1.807) is 6.92 Å². The number of hydrogen-bond acceptors (Lipinski definition) is 4. The van der Waals surface area contributed by atoms with Crippen molar-refractivity contribution in [3.63, 3.8) is 0 Å². The molecular formula is C19H28N4O2. The molecule has 3 unspecified atom stereocenters. The van der Waals surface area contributed by atoms with Crippen LogP contribution in [0.1, 0.15) is 40.0 Å². The highest BCUT2D eigenvalue weighted by atomic mass is 16.3. The highest BCUT2D eigenvalue weighted by Crippen LogP contribution is 2.25. The van der Waals surface area contributed by atoms with Crippen molar-refractivity contribution in [3.8, 4) is 0 Å². The number of nitrogens with zero attached hydrogens (tertiary/aromatic N) is 3. The van der Waals surface area contributed by atoms with Gasteiger partial charge in [0, 0.05) is 18.6 Å². The maximum absolute atomic E-state index is 13.0. The lowest BCUT2D eigenvalue weighted by molar-refractivity contribution is -0.137. The molecule has 0 spiro atoms. The zero-order valence-electron chi connectivity index (χ0n) is 15.3. The van der Waals surface area contributed by atoms with Crippen LogP contribution in [0.3, 0.4) is 0 Å². The van der Waals surface area contributed by atoms with Gasteiger partial charge in [0.1, 0.15) is 6.54 Å². The number of carbonyl (C=O) groups is 1. The molecule has 1 aromatic heterocycles. The van der Waals surface area contributed by atoms with Gasteiger partial charge in [-0.2, -0.15) is 0 Å². The number of aromatic nitrogens is 2. The summed E-state index contributed by atoms with van der Waals surface area (Å²) in [4.78, 5) is 19.6. The second kappa shape index (κ2) is 7.44. The van der Waals surface area contributed by atoms with Crippen molar-refractivity contribution in [1.82, 2.24) is 14.5 Å². The summed E-state index contributed by atoms with van der Waals surface area (Å²) >= 11 is 0. The van der Waals surface area contributed by atoms with Gasteiger partial charge in [0.05, 0.1) is 17.1 Å². The summed E-state index contributed by atoms with van der Waals surface area (Å²) < 4.78 is 1.92. The molecule has 1 fully saturated rings. The van der Waals surface area contributed by atoms with Gasteiger partial charge in [-0.25, -0.2) is 4.98 Å². The molecule has 6 nitrogen and oxygen atoms in total. The summed E-state index contributed by atoms with van der Waals surface area (Å²) in [6.45, 7) is 6.64. The minimum atomic E-state index is -0.480. The van der Waals surface area contributed by atoms with Gasteiger partial charge in [0.25, 0.3) is 0 Å². The number of anilines is 1. The molecule has 2 aromatic rings. The number of rotatable bonds is 5. The van der Waals surface area contributed by atoms with Crippen molar-refractivity contribution in [1.29, 1.82) is 0 Å². The molecule has 2 N–H and O–H groups in total. The summed E-state index contributed by atoms with van der Waals surface area (Å²) in [7, 11) is 0. The van der Waals surface area contributed by atoms with E-state index in [1.165, 1.54) is 6.42 Å². The highest BCUT2D eigenvalue weighted by Gasteiger charge is 2.29. The fourth-order valence-electron chi connectivity index (χ4n) is 3.74. The van der Waals surface area contributed by atoms with Crippen molar-refractivity contribution in [2.24, 2.45) is 0 Å². The molecule has 1 aliphatic rings. The topological polar surface area (TPSA) is 70.4 Å². The number of likely N-dealkylation sites (tertiary alicyclic amines) is 1. The Labute approximate surface area is 148 Å². The molecule has 1 amide bonds. The van der Waals surface area contributed by atoms with Gasteiger partial charge in [-0.3, -0.25) is 4.79 Å².